The van der Waals surface area contributed by atoms with E-state index in [4.69, 9.17) is 17.3 Å². The molecule has 2 aliphatic rings. The minimum Gasteiger partial charge on any atom is -0.370 e. The summed E-state index contributed by atoms with van der Waals surface area (Å²) in [5.74, 6) is 0.274. The van der Waals surface area contributed by atoms with Crippen molar-refractivity contribution in [2.75, 3.05) is 51.2 Å². The van der Waals surface area contributed by atoms with Crippen LogP contribution in [0.2, 0.25) is 5.02 Å². The predicted molar refractivity (Wildman–Crippen MR) is 120 cm³/mol. The van der Waals surface area contributed by atoms with Gasteiger partial charge < -0.3 is 15.5 Å². The zero-order valence-electron chi connectivity index (χ0n) is 17.4. The van der Waals surface area contributed by atoms with E-state index < -0.39 is 0 Å². The van der Waals surface area contributed by atoms with Gasteiger partial charge in [-0.15, -0.1) is 0 Å². The van der Waals surface area contributed by atoms with Gasteiger partial charge >= 0.3 is 0 Å². The number of halogens is 1. The smallest absolute Gasteiger partial charge is 0.220 e. The Hall–Kier alpha value is -1.63. The van der Waals surface area contributed by atoms with E-state index in [2.05, 4.69) is 37.8 Å². The number of hydrogen-bond donors (Lipinski definition) is 1. The molecule has 0 aromatic heterocycles. The van der Waals surface area contributed by atoms with Crippen LogP contribution in [0.1, 0.15) is 33.1 Å². The van der Waals surface area contributed by atoms with Gasteiger partial charge in [-0.1, -0.05) is 18.5 Å². The van der Waals surface area contributed by atoms with Crippen molar-refractivity contribution in [3.05, 3.63) is 23.2 Å². The summed E-state index contributed by atoms with van der Waals surface area (Å²) in [5, 5.41) is 0.725. The van der Waals surface area contributed by atoms with E-state index >= 15 is 0 Å². The molecule has 28 heavy (non-hydrogen) atoms. The van der Waals surface area contributed by atoms with Crippen molar-refractivity contribution in [1.82, 2.24) is 9.80 Å². The van der Waals surface area contributed by atoms with Crippen LogP contribution < -0.4 is 10.6 Å². The van der Waals surface area contributed by atoms with Crippen LogP contribution in [0.25, 0.3) is 0 Å². The van der Waals surface area contributed by atoms with Crippen LogP contribution in [0.5, 0.6) is 0 Å². The Morgan fingerprint density at radius 2 is 1.82 bits per heavy atom. The lowest BCUT2D eigenvalue weighted by molar-refractivity contribution is 0.0982. The number of guanidine groups is 1. The normalized spacial score (nSPS) is 21.4. The molecule has 6 nitrogen and oxygen atoms in total. The third-order valence-electron chi connectivity index (χ3n) is 5.85. The highest BCUT2D eigenvalue weighted by Crippen LogP contribution is 2.32. The molecular weight excluding hydrogens is 372 g/mol. The molecule has 2 fully saturated rings. The molecule has 0 saturated carbocycles. The lowest BCUT2D eigenvalue weighted by Crippen LogP contribution is -2.52. The van der Waals surface area contributed by atoms with Crippen LogP contribution >= 0.6 is 11.6 Å². The fourth-order valence-corrected chi connectivity index (χ4v) is 4.21. The minimum absolute atomic E-state index is 0.274. The van der Waals surface area contributed by atoms with Crippen LogP contribution in [0, 0.1) is 0 Å². The topological polar surface area (TPSA) is 60.5 Å². The fourth-order valence-electron chi connectivity index (χ4n) is 3.91. The number of piperazine rings is 1. The fraction of sp³-hybridized carbons (Fsp3) is 0.619. The highest BCUT2D eigenvalue weighted by atomic mass is 35.5. The first-order valence-corrected chi connectivity index (χ1v) is 10.7. The first-order valence-electron chi connectivity index (χ1n) is 10.3. The monoisotopic (exact) mass is 404 g/mol. The van der Waals surface area contributed by atoms with Crippen molar-refractivity contribution >= 4 is 34.6 Å². The van der Waals surface area contributed by atoms with Gasteiger partial charge in [-0.05, 0) is 51.4 Å². The van der Waals surface area contributed by atoms with Gasteiger partial charge in [0.1, 0.15) is 0 Å². The second kappa shape index (κ2) is 9.72. The van der Waals surface area contributed by atoms with Crippen LogP contribution in [0.3, 0.4) is 0 Å². The zero-order chi connectivity index (χ0) is 20.1. The molecule has 7 heteroatoms. The average Bonchev–Trinajstić information content (AvgIpc) is 2.69. The van der Waals surface area contributed by atoms with Crippen molar-refractivity contribution in [3.63, 3.8) is 0 Å². The average molecular weight is 405 g/mol. The maximum absolute atomic E-state index is 6.58. The predicted octanol–water partition coefficient (Wildman–Crippen LogP) is 3.37. The van der Waals surface area contributed by atoms with Crippen molar-refractivity contribution in [2.24, 2.45) is 15.7 Å². The Morgan fingerprint density at radius 1 is 1.14 bits per heavy atom. The highest BCUT2D eigenvalue weighted by Gasteiger charge is 2.27. The molecule has 2 N–H and O–H groups in total. The van der Waals surface area contributed by atoms with E-state index in [1.807, 2.05) is 26.0 Å². The Bertz CT molecular complexity index is 716. The molecule has 2 saturated heterocycles. The molecule has 154 valence electrons. The first-order chi connectivity index (χ1) is 13.5. The lowest BCUT2D eigenvalue weighted by atomic mass is 10.0. The summed E-state index contributed by atoms with van der Waals surface area (Å²) in [4.78, 5) is 16.1. The largest absolute Gasteiger partial charge is 0.370 e. The number of hydrogen-bond acceptors (Lipinski definition) is 4. The van der Waals surface area contributed by atoms with E-state index in [0.717, 1.165) is 41.6 Å². The number of piperidine rings is 1. The van der Waals surface area contributed by atoms with Gasteiger partial charge in [-0.25, -0.2) is 9.98 Å². The number of nitrogens with zero attached hydrogens (tertiary/aromatic N) is 5. The molecule has 1 aromatic rings. The molecule has 0 spiro atoms. The van der Waals surface area contributed by atoms with E-state index in [0.29, 0.717) is 6.04 Å². The number of likely N-dealkylation sites (N-methyl/N-ethyl adjacent to an activating group) is 1. The SMILES string of the molecule is CCC(C)=NC(N)=Nc1ccc(N2CCC(N3CCN(C)CC3)CC2)c(Cl)c1. The molecule has 2 heterocycles. The van der Waals surface area contributed by atoms with Crippen LogP contribution in [0.4, 0.5) is 11.4 Å². The van der Waals surface area contributed by atoms with E-state index in [1.165, 1.54) is 39.0 Å². The van der Waals surface area contributed by atoms with E-state index in [9.17, 15) is 0 Å². The third-order valence-corrected chi connectivity index (χ3v) is 6.15. The molecule has 0 radical (unpaired) electrons. The summed E-state index contributed by atoms with van der Waals surface area (Å²) in [6.45, 7) is 10.8. The van der Waals surface area contributed by atoms with Crippen LogP contribution in [-0.4, -0.2) is 73.8 Å². The quantitative estimate of drug-likeness (QED) is 0.617. The maximum atomic E-state index is 6.58. The minimum atomic E-state index is 0.274. The van der Waals surface area contributed by atoms with Gasteiger partial charge in [0.25, 0.3) is 0 Å². The second-order valence-corrected chi connectivity index (χ2v) is 8.27. The Balaban J connectivity index is 1.60. The summed E-state index contributed by atoms with van der Waals surface area (Å²) >= 11 is 6.58. The lowest BCUT2D eigenvalue weighted by Gasteiger charge is -2.42. The van der Waals surface area contributed by atoms with Gasteiger partial charge in [0.15, 0.2) is 0 Å². The summed E-state index contributed by atoms with van der Waals surface area (Å²) in [5.41, 5.74) is 8.70. The second-order valence-electron chi connectivity index (χ2n) is 7.86. The van der Waals surface area contributed by atoms with Gasteiger partial charge in [0, 0.05) is 51.0 Å². The van der Waals surface area contributed by atoms with Gasteiger partial charge in [0.05, 0.1) is 16.4 Å². The van der Waals surface area contributed by atoms with Gasteiger partial charge in [-0.2, -0.15) is 0 Å². The van der Waals surface area contributed by atoms with Gasteiger partial charge in [-0.3, -0.25) is 4.90 Å². The van der Waals surface area contributed by atoms with E-state index in [1.54, 1.807) is 0 Å². The maximum Gasteiger partial charge on any atom is 0.220 e. The number of nitrogens with two attached hydrogens (primary N) is 1. The Morgan fingerprint density at radius 3 is 2.43 bits per heavy atom. The molecule has 2 aliphatic heterocycles. The number of benzene rings is 1. The van der Waals surface area contributed by atoms with Crippen molar-refractivity contribution < 1.29 is 0 Å². The third kappa shape index (κ3) is 5.46. The molecule has 1 aromatic carbocycles. The summed E-state index contributed by atoms with van der Waals surface area (Å²) in [7, 11) is 2.21. The molecule has 0 bridgehead atoms. The number of rotatable bonds is 4. The standard InChI is InChI=1S/C21H33ClN6/c1-4-16(2)24-21(23)25-17-5-6-20(19(22)15-17)28-9-7-18(8-10-28)27-13-11-26(3)12-14-27/h5-6,15,18H,4,7-14H2,1-3H3,(H2,23,25). The van der Waals surface area contributed by atoms with Crippen molar-refractivity contribution in [1.29, 1.82) is 0 Å². The highest BCUT2D eigenvalue weighted by molar-refractivity contribution is 6.33. The Labute approximate surface area is 174 Å². The molecule has 0 unspecified atom stereocenters. The van der Waals surface area contributed by atoms with Crippen LogP contribution in [-0.2, 0) is 0 Å². The Kier molecular flexibility index (Phi) is 7.32. The molecule has 0 atom stereocenters. The number of anilines is 1. The summed E-state index contributed by atoms with van der Waals surface area (Å²) < 4.78 is 0. The molecular formula is C21H33ClN6. The zero-order valence-corrected chi connectivity index (χ0v) is 18.1. The van der Waals surface area contributed by atoms with Gasteiger partial charge in [0.2, 0.25) is 5.96 Å². The van der Waals surface area contributed by atoms with Crippen molar-refractivity contribution in [2.45, 2.75) is 39.2 Å². The van der Waals surface area contributed by atoms with E-state index in [-0.39, 0.29) is 5.96 Å². The molecule has 3 rings (SSSR count). The first kappa shape index (κ1) is 21.1. The van der Waals surface area contributed by atoms with Crippen molar-refractivity contribution in [3.8, 4) is 0 Å². The summed E-state index contributed by atoms with van der Waals surface area (Å²) in [6, 6.07) is 6.61. The molecule has 0 amide bonds. The number of aliphatic imine (C=N–C) groups is 2. The molecule has 0 aliphatic carbocycles. The van der Waals surface area contributed by atoms with Crippen LogP contribution in [0.15, 0.2) is 28.2 Å². The summed E-state index contributed by atoms with van der Waals surface area (Å²) in [6.07, 6.45) is 3.25.